The van der Waals surface area contributed by atoms with Gasteiger partial charge in [0.25, 0.3) is 0 Å². The minimum Gasteiger partial charge on any atom is -0.252 e. The Morgan fingerprint density at radius 1 is 1.53 bits per heavy atom. The van der Waals surface area contributed by atoms with Crippen molar-refractivity contribution >= 4 is 23.1 Å². The average molecular weight is 267 g/mol. The van der Waals surface area contributed by atoms with Gasteiger partial charge in [-0.3, -0.25) is 4.68 Å². The molecule has 0 N–H and O–H groups in total. The zero-order valence-electron chi connectivity index (χ0n) is 10.2. The Bertz CT molecular complexity index is 436. The largest absolute Gasteiger partial charge is 0.252 e. The van der Waals surface area contributed by atoms with Crippen LogP contribution in [0.15, 0.2) is 23.7 Å². The number of thiophene rings is 1. The predicted molar refractivity (Wildman–Crippen MR) is 74.7 cm³/mol. The quantitative estimate of drug-likeness (QED) is 0.806. The minimum absolute atomic E-state index is 0.609. The molecule has 0 aromatic carbocycles. The molecule has 0 radical (unpaired) electrons. The van der Waals surface area contributed by atoms with Crippen molar-refractivity contribution < 1.29 is 0 Å². The van der Waals surface area contributed by atoms with Gasteiger partial charge in [-0.2, -0.15) is 11.8 Å². The van der Waals surface area contributed by atoms with Crippen LogP contribution in [-0.2, 0) is 19.4 Å². The lowest BCUT2D eigenvalue weighted by atomic mass is 10.3. The fourth-order valence-electron chi connectivity index (χ4n) is 1.60. The molecular weight excluding hydrogens is 250 g/mol. The minimum atomic E-state index is 0.609. The smallest absolute Gasteiger partial charge is 0.0838 e. The van der Waals surface area contributed by atoms with Gasteiger partial charge in [0.05, 0.1) is 5.69 Å². The van der Waals surface area contributed by atoms with Gasteiger partial charge in [0.15, 0.2) is 0 Å². The third-order valence-corrected chi connectivity index (χ3v) is 4.56. The van der Waals surface area contributed by atoms with Crippen molar-refractivity contribution in [1.29, 1.82) is 0 Å². The highest BCUT2D eigenvalue weighted by Crippen LogP contribution is 2.12. The Morgan fingerprint density at radius 2 is 2.41 bits per heavy atom. The fraction of sp³-hybridized carbons (Fsp3) is 0.500. The number of aromatic nitrogens is 3. The molecule has 2 aromatic rings. The maximum Gasteiger partial charge on any atom is 0.0838 e. The molecule has 17 heavy (non-hydrogen) atoms. The highest BCUT2D eigenvalue weighted by atomic mass is 32.2. The zero-order valence-corrected chi connectivity index (χ0v) is 11.8. The monoisotopic (exact) mass is 267 g/mol. The number of rotatable bonds is 6. The fourth-order valence-corrected chi connectivity index (χ4v) is 2.63. The molecule has 1 atom stereocenters. The summed E-state index contributed by atoms with van der Waals surface area (Å²) in [6.07, 6.45) is 6.24. The highest BCUT2D eigenvalue weighted by Gasteiger charge is 2.06. The molecule has 0 aliphatic rings. The molecule has 3 nitrogen and oxygen atoms in total. The van der Waals surface area contributed by atoms with E-state index in [4.69, 9.17) is 0 Å². The first-order valence-corrected chi connectivity index (χ1v) is 7.89. The van der Waals surface area contributed by atoms with Crippen LogP contribution in [0.3, 0.4) is 0 Å². The molecule has 0 bridgehead atoms. The van der Waals surface area contributed by atoms with E-state index < -0.39 is 0 Å². The van der Waals surface area contributed by atoms with Crippen LogP contribution in [0.2, 0.25) is 0 Å². The van der Waals surface area contributed by atoms with Gasteiger partial charge >= 0.3 is 0 Å². The number of hydrogen-bond acceptors (Lipinski definition) is 4. The summed E-state index contributed by atoms with van der Waals surface area (Å²) in [6.45, 7) is 3.14. The van der Waals surface area contributed by atoms with Gasteiger partial charge < -0.3 is 0 Å². The zero-order chi connectivity index (χ0) is 12.1. The van der Waals surface area contributed by atoms with E-state index in [-0.39, 0.29) is 0 Å². The summed E-state index contributed by atoms with van der Waals surface area (Å²) in [6, 6.07) is 4.26. The summed E-state index contributed by atoms with van der Waals surface area (Å²) in [5.41, 5.74) is 1.10. The van der Waals surface area contributed by atoms with Crippen molar-refractivity contribution in [2.45, 2.75) is 31.6 Å². The first kappa shape index (κ1) is 12.6. The molecule has 0 fully saturated rings. The van der Waals surface area contributed by atoms with Gasteiger partial charge in [0.2, 0.25) is 0 Å². The number of aryl methyl sites for hydroxylation is 2. The molecular formula is C12H17N3S2. The molecule has 0 unspecified atom stereocenters. The normalized spacial score (nSPS) is 12.8. The number of hydrogen-bond donors (Lipinski definition) is 0. The second-order valence-corrected chi connectivity index (χ2v) is 6.36. The SMILES string of the molecule is CS[C@H](C)Cc1cn(CCc2cccs2)nn1. The Hall–Kier alpha value is -0.810. The van der Waals surface area contributed by atoms with E-state index in [1.54, 1.807) is 11.3 Å². The lowest BCUT2D eigenvalue weighted by molar-refractivity contribution is 0.592. The predicted octanol–water partition coefficient (Wildman–Crippen LogP) is 2.88. The average Bonchev–Trinajstić information content (AvgIpc) is 2.97. The van der Waals surface area contributed by atoms with E-state index in [0.29, 0.717) is 5.25 Å². The molecule has 2 heterocycles. The van der Waals surface area contributed by atoms with Crippen molar-refractivity contribution in [2.75, 3.05) is 6.26 Å². The van der Waals surface area contributed by atoms with Crippen LogP contribution in [-0.4, -0.2) is 26.5 Å². The maximum atomic E-state index is 4.21. The van der Waals surface area contributed by atoms with Crippen molar-refractivity contribution in [3.8, 4) is 0 Å². The molecule has 0 amide bonds. The second-order valence-electron chi connectivity index (χ2n) is 4.05. The van der Waals surface area contributed by atoms with Gasteiger partial charge in [-0.1, -0.05) is 18.2 Å². The molecule has 0 aliphatic heterocycles. The third kappa shape index (κ3) is 3.85. The summed E-state index contributed by atoms with van der Waals surface area (Å²) >= 11 is 3.66. The molecule has 0 saturated heterocycles. The van der Waals surface area contributed by atoms with Gasteiger partial charge in [-0.25, -0.2) is 0 Å². The van der Waals surface area contributed by atoms with E-state index >= 15 is 0 Å². The van der Waals surface area contributed by atoms with Gasteiger partial charge in [0, 0.05) is 35.7 Å². The first-order chi connectivity index (χ1) is 8.28. The molecule has 0 aliphatic carbocycles. The second kappa shape index (κ2) is 6.21. The van der Waals surface area contributed by atoms with Crippen LogP contribution in [0.4, 0.5) is 0 Å². The van der Waals surface area contributed by atoms with E-state index in [9.17, 15) is 0 Å². The van der Waals surface area contributed by atoms with E-state index in [1.807, 2.05) is 16.4 Å². The van der Waals surface area contributed by atoms with Crippen molar-refractivity contribution in [1.82, 2.24) is 15.0 Å². The topological polar surface area (TPSA) is 30.7 Å². The van der Waals surface area contributed by atoms with E-state index in [1.165, 1.54) is 4.88 Å². The Labute approximate surface area is 110 Å². The molecule has 2 rings (SSSR count). The number of nitrogens with zero attached hydrogens (tertiary/aromatic N) is 3. The summed E-state index contributed by atoms with van der Waals surface area (Å²) in [5.74, 6) is 0. The first-order valence-electron chi connectivity index (χ1n) is 5.72. The molecule has 0 spiro atoms. The summed E-state index contributed by atoms with van der Waals surface area (Å²) in [7, 11) is 0. The summed E-state index contributed by atoms with van der Waals surface area (Å²) < 4.78 is 1.95. The highest BCUT2D eigenvalue weighted by molar-refractivity contribution is 7.99. The molecule has 5 heteroatoms. The lowest BCUT2D eigenvalue weighted by Gasteiger charge is -2.03. The molecule has 2 aromatic heterocycles. The third-order valence-electron chi connectivity index (χ3n) is 2.65. The van der Waals surface area contributed by atoms with Crippen LogP contribution >= 0.6 is 23.1 Å². The van der Waals surface area contributed by atoms with Crippen molar-refractivity contribution in [3.05, 3.63) is 34.3 Å². The van der Waals surface area contributed by atoms with Crippen molar-refractivity contribution in [3.63, 3.8) is 0 Å². The van der Waals surface area contributed by atoms with Crippen LogP contribution in [0, 0.1) is 0 Å². The van der Waals surface area contributed by atoms with E-state index in [0.717, 1.165) is 25.1 Å². The van der Waals surface area contributed by atoms with Crippen LogP contribution in [0.25, 0.3) is 0 Å². The van der Waals surface area contributed by atoms with Gasteiger partial charge in [-0.15, -0.1) is 16.4 Å². The van der Waals surface area contributed by atoms with Crippen molar-refractivity contribution in [2.24, 2.45) is 0 Å². The Balaban J connectivity index is 1.85. The van der Waals surface area contributed by atoms with Crippen LogP contribution in [0.5, 0.6) is 0 Å². The van der Waals surface area contributed by atoms with Gasteiger partial charge in [0.1, 0.15) is 0 Å². The maximum absolute atomic E-state index is 4.21. The van der Waals surface area contributed by atoms with Crippen LogP contribution < -0.4 is 0 Å². The summed E-state index contributed by atoms with van der Waals surface area (Å²) in [5, 5.41) is 11.1. The number of thioether (sulfide) groups is 1. The molecule has 92 valence electrons. The van der Waals surface area contributed by atoms with E-state index in [2.05, 4.69) is 47.2 Å². The van der Waals surface area contributed by atoms with Crippen LogP contribution in [0.1, 0.15) is 17.5 Å². The Kier molecular flexibility index (Phi) is 4.62. The Morgan fingerprint density at radius 3 is 3.12 bits per heavy atom. The standard InChI is InChI=1S/C12H17N3S2/c1-10(16-2)8-11-9-15(14-13-11)6-5-12-4-3-7-17-12/h3-4,7,9-10H,5-6,8H2,1-2H3/t10-/m1/s1. The lowest BCUT2D eigenvalue weighted by Crippen LogP contribution is -2.01. The summed E-state index contributed by atoms with van der Waals surface area (Å²) in [4.78, 5) is 1.40. The molecule has 0 saturated carbocycles. The van der Waals surface area contributed by atoms with Gasteiger partial charge in [-0.05, 0) is 17.7 Å².